The van der Waals surface area contributed by atoms with Crippen LogP contribution in [0.15, 0.2) is 12.4 Å². The van der Waals surface area contributed by atoms with Gasteiger partial charge in [-0.1, -0.05) is 13.8 Å². The van der Waals surface area contributed by atoms with Gasteiger partial charge in [0.2, 0.25) is 0 Å². The monoisotopic (exact) mass is 253 g/mol. The van der Waals surface area contributed by atoms with Crippen LogP contribution >= 0.6 is 0 Å². The fourth-order valence-electron chi connectivity index (χ4n) is 1.65. The Labute approximate surface area is 108 Å². The van der Waals surface area contributed by atoms with E-state index in [-0.39, 0.29) is 11.5 Å². The van der Waals surface area contributed by atoms with Crippen LogP contribution in [0.2, 0.25) is 0 Å². The first-order valence-electron chi connectivity index (χ1n) is 6.22. The van der Waals surface area contributed by atoms with Crippen LogP contribution in [0.4, 0.5) is 0 Å². The van der Waals surface area contributed by atoms with E-state index in [0.29, 0.717) is 6.54 Å². The van der Waals surface area contributed by atoms with Gasteiger partial charge in [-0.25, -0.2) is 0 Å². The number of aliphatic carboxylic acids is 1. The maximum atomic E-state index is 11.0. The molecule has 1 unspecified atom stereocenters. The molecule has 1 aromatic rings. The molecular formula is C13H23N3O2. The van der Waals surface area contributed by atoms with Crippen molar-refractivity contribution in [1.29, 1.82) is 0 Å². The van der Waals surface area contributed by atoms with Gasteiger partial charge in [0.1, 0.15) is 6.04 Å². The molecule has 0 saturated heterocycles. The molecule has 1 aromatic heterocycles. The molecular weight excluding hydrogens is 230 g/mol. The Balaban J connectivity index is 2.63. The third kappa shape index (κ3) is 3.84. The summed E-state index contributed by atoms with van der Waals surface area (Å²) in [6.45, 7) is 10.5. The van der Waals surface area contributed by atoms with Gasteiger partial charge in [-0.15, -0.1) is 0 Å². The Morgan fingerprint density at radius 2 is 2.11 bits per heavy atom. The molecule has 0 amide bonds. The number of rotatable bonds is 5. The summed E-state index contributed by atoms with van der Waals surface area (Å²) in [7, 11) is 0. The van der Waals surface area contributed by atoms with Crippen LogP contribution in [0.1, 0.15) is 40.2 Å². The molecule has 2 N–H and O–H groups in total. The zero-order valence-electron chi connectivity index (χ0n) is 11.8. The minimum absolute atomic E-state index is 0.0531. The van der Waals surface area contributed by atoms with Crippen LogP contribution in [0.3, 0.4) is 0 Å². The van der Waals surface area contributed by atoms with E-state index in [1.54, 1.807) is 6.20 Å². The smallest absolute Gasteiger partial charge is 0.320 e. The number of nitrogens with one attached hydrogen (secondary N) is 1. The molecule has 0 aliphatic rings. The minimum Gasteiger partial charge on any atom is -0.480 e. The van der Waals surface area contributed by atoms with E-state index >= 15 is 0 Å². The van der Waals surface area contributed by atoms with Crippen LogP contribution in [0.25, 0.3) is 0 Å². The second kappa shape index (κ2) is 5.52. The van der Waals surface area contributed by atoms with Crippen LogP contribution in [-0.2, 0) is 16.9 Å². The lowest BCUT2D eigenvalue weighted by Gasteiger charge is -2.19. The molecule has 0 spiro atoms. The van der Waals surface area contributed by atoms with E-state index in [1.807, 2.05) is 24.7 Å². The van der Waals surface area contributed by atoms with Crippen molar-refractivity contribution in [2.45, 2.75) is 52.7 Å². The van der Waals surface area contributed by atoms with Gasteiger partial charge in [0.25, 0.3) is 0 Å². The molecule has 5 heteroatoms. The van der Waals surface area contributed by atoms with Gasteiger partial charge in [-0.3, -0.25) is 14.8 Å². The lowest BCUT2D eigenvalue weighted by atomic mass is 10.0. The van der Waals surface area contributed by atoms with Crippen molar-refractivity contribution in [3.63, 3.8) is 0 Å². The number of carboxylic acids is 1. The molecule has 18 heavy (non-hydrogen) atoms. The Hall–Kier alpha value is -1.36. The highest BCUT2D eigenvalue weighted by molar-refractivity contribution is 5.73. The number of carboxylic acid groups (broad SMARTS) is 1. The molecule has 1 heterocycles. The van der Waals surface area contributed by atoms with Crippen molar-refractivity contribution in [3.8, 4) is 0 Å². The normalized spacial score (nSPS) is 13.9. The van der Waals surface area contributed by atoms with Gasteiger partial charge in [-0.05, 0) is 26.7 Å². The van der Waals surface area contributed by atoms with Crippen molar-refractivity contribution in [1.82, 2.24) is 15.1 Å². The van der Waals surface area contributed by atoms with E-state index in [1.165, 1.54) is 0 Å². The molecule has 102 valence electrons. The molecule has 0 radical (unpaired) electrons. The highest BCUT2D eigenvalue weighted by atomic mass is 16.4. The molecule has 0 aliphatic carbocycles. The summed E-state index contributed by atoms with van der Waals surface area (Å²) in [6.07, 6.45) is 3.73. The van der Waals surface area contributed by atoms with Gasteiger partial charge in [-0.2, -0.15) is 5.10 Å². The number of hydrogen-bond donors (Lipinski definition) is 2. The Bertz CT molecular complexity index is 405. The third-order valence-corrected chi connectivity index (χ3v) is 2.78. The average molecular weight is 253 g/mol. The fourth-order valence-corrected chi connectivity index (χ4v) is 1.65. The summed E-state index contributed by atoms with van der Waals surface area (Å²) in [5, 5.41) is 16.4. The Morgan fingerprint density at radius 1 is 1.50 bits per heavy atom. The number of nitrogens with zero attached hydrogens (tertiary/aromatic N) is 2. The molecule has 0 aliphatic heterocycles. The van der Waals surface area contributed by atoms with Crippen LogP contribution in [0, 0.1) is 5.92 Å². The average Bonchev–Trinajstić information content (AvgIpc) is 2.64. The summed E-state index contributed by atoms with van der Waals surface area (Å²) >= 11 is 0. The first-order chi connectivity index (χ1) is 8.21. The second-order valence-corrected chi connectivity index (χ2v) is 5.90. The Kier molecular flexibility index (Phi) is 4.51. The molecule has 5 nitrogen and oxygen atoms in total. The highest BCUT2D eigenvalue weighted by Crippen LogP contribution is 2.13. The lowest BCUT2D eigenvalue weighted by Crippen LogP contribution is -2.40. The van der Waals surface area contributed by atoms with Gasteiger partial charge in [0.15, 0.2) is 0 Å². The predicted octanol–water partition coefficient (Wildman–Crippen LogP) is 1.84. The maximum absolute atomic E-state index is 11.0. The van der Waals surface area contributed by atoms with Crippen molar-refractivity contribution < 1.29 is 9.90 Å². The summed E-state index contributed by atoms with van der Waals surface area (Å²) in [5.74, 6) is -0.756. The standard InChI is InChI=1S/C13H23N3O2/c1-9(2)11(12(17)18)14-6-10-7-15-16(8-10)13(3,4)5/h7-9,11,14H,6H2,1-5H3,(H,17,18). The zero-order valence-corrected chi connectivity index (χ0v) is 11.8. The van der Waals surface area contributed by atoms with E-state index in [0.717, 1.165) is 5.56 Å². The molecule has 1 atom stereocenters. The van der Waals surface area contributed by atoms with E-state index in [2.05, 4.69) is 31.2 Å². The van der Waals surface area contributed by atoms with Crippen LogP contribution in [-0.4, -0.2) is 26.9 Å². The predicted molar refractivity (Wildman–Crippen MR) is 70.3 cm³/mol. The summed E-state index contributed by atoms with van der Waals surface area (Å²) in [5.41, 5.74) is 0.944. The van der Waals surface area contributed by atoms with Gasteiger partial charge in [0.05, 0.1) is 11.7 Å². The maximum Gasteiger partial charge on any atom is 0.320 e. The Morgan fingerprint density at radius 3 is 2.50 bits per heavy atom. The molecule has 0 fully saturated rings. The number of carbonyl (C=O) groups is 1. The van der Waals surface area contributed by atoms with E-state index in [4.69, 9.17) is 5.11 Å². The van der Waals surface area contributed by atoms with Gasteiger partial charge in [0, 0.05) is 18.3 Å². The number of aromatic nitrogens is 2. The summed E-state index contributed by atoms with van der Waals surface area (Å²) in [6, 6.07) is -0.525. The van der Waals surface area contributed by atoms with Crippen LogP contribution in [0.5, 0.6) is 0 Å². The van der Waals surface area contributed by atoms with Gasteiger partial charge >= 0.3 is 5.97 Å². The highest BCUT2D eigenvalue weighted by Gasteiger charge is 2.21. The minimum atomic E-state index is -0.812. The van der Waals surface area contributed by atoms with Crippen LogP contribution < -0.4 is 5.32 Å². The lowest BCUT2D eigenvalue weighted by molar-refractivity contribution is -0.140. The topological polar surface area (TPSA) is 67.2 Å². The van der Waals surface area contributed by atoms with Crippen molar-refractivity contribution in [2.75, 3.05) is 0 Å². The molecule has 0 aromatic carbocycles. The molecule has 1 rings (SSSR count). The van der Waals surface area contributed by atoms with E-state index < -0.39 is 12.0 Å². The van der Waals surface area contributed by atoms with Crippen molar-refractivity contribution in [3.05, 3.63) is 18.0 Å². The molecule has 0 bridgehead atoms. The van der Waals surface area contributed by atoms with E-state index in [9.17, 15) is 4.79 Å². The molecule has 0 saturated carbocycles. The summed E-state index contributed by atoms with van der Waals surface area (Å²) < 4.78 is 1.88. The number of hydrogen-bond acceptors (Lipinski definition) is 3. The van der Waals surface area contributed by atoms with Gasteiger partial charge < -0.3 is 5.11 Å². The largest absolute Gasteiger partial charge is 0.480 e. The van der Waals surface area contributed by atoms with Crippen molar-refractivity contribution in [2.24, 2.45) is 5.92 Å². The quantitative estimate of drug-likeness (QED) is 0.840. The second-order valence-electron chi connectivity index (χ2n) is 5.90. The fraction of sp³-hybridized carbons (Fsp3) is 0.692. The third-order valence-electron chi connectivity index (χ3n) is 2.78. The first kappa shape index (κ1) is 14.7. The zero-order chi connectivity index (χ0) is 13.9. The summed E-state index contributed by atoms with van der Waals surface area (Å²) in [4.78, 5) is 11.0. The van der Waals surface area contributed by atoms with Crippen molar-refractivity contribution >= 4 is 5.97 Å². The first-order valence-corrected chi connectivity index (χ1v) is 6.22. The SMILES string of the molecule is CC(C)C(NCc1cnn(C(C)(C)C)c1)C(=O)O.